The van der Waals surface area contributed by atoms with E-state index < -0.39 is 0 Å². The van der Waals surface area contributed by atoms with Crippen LogP contribution in [-0.2, 0) is 9.59 Å². The van der Waals surface area contributed by atoms with Gasteiger partial charge in [0.1, 0.15) is 5.75 Å². The molecule has 2 fully saturated rings. The minimum Gasteiger partial charge on any atom is -0.497 e. The minimum atomic E-state index is -0.366. The molecule has 1 aromatic rings. The molecule has 2 heterocycles. The number of methoxy groups -OCH3 is 1. The highest BCUT2D eigenvalue weighted by Gasteiger charge is 2.31. The van der Waals surface area contributed by atoms with Gasteiger partial charge in [-0.15, -0.1) is 0 Å². The number of amides is 4. The van der Waals surface area contributed by atoms with Crippen LogP contribution in [-0.4, -0.2) is 54.4 Å². The van der Waals surface area contributed by atoms with Crippen molar-refractivity contribution >= 4 is 17.8 Å². The lowest BCUT2D eigenvalue weighted by Gasteiger charge is -2.25. The zero-order valence-corrected chi connectivity index (χ0v) is 14.4. The van der Waals surface area contributed by atoms with E-state index in [4.69, 9.17) is 4.74 Å². The van der Waals surface area contributed by atoms with Gasteiger partial charge in [0.2, 0.25) is 11.8 Å². The van der Waals surface area contributed by atoms with E-state index >= 15 is 0 Å². The molecule has 2 aliphatic heterocycles. The van der Waals surface area contributed by atoms with Crippen LogP contribution in [0.25, 0.3) is 0 Å². The summed E-state index contributed by atoms with van der Waals surface area (Å²) in [5, 5.41) is 2.48. The lowest BCUT2D eigenvalue weighted by atomic mass is 10.0. The zero-order valence-electron chi connectivity index (χ0n) is 14.4. The maximum atomic E-state index is 12.6. The molecule has 7 heteroatoms. The van der Waals surface area contributed by atoms with Gasteiger partial charge in [0.15, 0.2) is 0 Å². The van der Waals surface area contributed by atoms with Gasteiger partial charge in [-0.3, -0.25) is 14.5 Å². The normalized spacial score (nSPS) is 20.1. The Balaban J connectivity index is 1.55. The average molecular weight is 345 g/mol. The molecular weight excluding hydrogens is 322 g/mol. The van der Waals surface area contributed by atoms with Gasteiger partial charge in [-0.25, -0.2) is 4.79 Å². The number of carbonyl (C=O) groups excluding carboxylic acids is 3. The van der Waals surface area contributed by atoms with Crippen LogP contribution < -0.4 is 10.1 Å². The number of carbonyl (C=O) groups is 3. The molecule has 134 valence electrons. The molecule has 0 spiro atoms. The van der Waals surface area contributed by atoms with E-state index in [1.807, 2.05) is 29.2 Å². The van der Waals surface area contributed by atoms with Crippen LogP contribution in [0.5, 0.6) is 5.75 Å². The number of urea groups is 1. The van der Waals surface area contributed by atoms with Gasteiger partial charge < -0.3 is 15.0 Å². The van der Waals surface area contributed by atoms with Crippen LogP contribution in [0.3, 0.4) is 0 Å². The van der Waals surface area contributed by atoms with Crippen LogP contribution in [0, 0.1) is 0 Å². The minimum absolute atomic E-state index is 0.0540. The second-order valence-corrected chi connectivity index (χ2v) is 6.33. The second kappa shape index (κ2) is 7.55. The topological polar surface area (TPSA) is 79.0 Å². The highest BCUT2D eigenvalue weighted by molar-refractivity contribution is 6.01. The van der Waals surface area contributed by atoms with Crippen LogP contribution in [0.4, 0.5) is 4.79 Å². The van der Waals surface area contributed by atoms with Crippen molar-refractivity contribution in [3.63, 3.8) is 0 Å². The van der Waals surface area contributed by atoms with Gasteiger partial charge in [-0.05, 0) is 37.0 Å². The number of ether oxygens (including phenoxy) is 1. The SMILES string of the molecule is COc1ccc(C2CCCN2C(=O)CCCN2C(=O)CNC2=O)cc1. The number of hydrogen-bond acceptors (Lipinski definition) is 4. The highest BCUT2D eigenvalue weighted by Crippen LogP contribution is 2.33. The van der Waals surface area contributed by atoms with E-state index in [0.717, 1.165) is 30.7 Å². The molecule has 0 aromatic heterocycles. The highest BCUT2D eigenvalue weighted by atomic mass is 16.5. The third kappa shape index (κ3) is 3.75. The van der Waals surface area contributed by atoms with E-state index in [0.29, 0.717) is 12.8 Å². The molecule has 7 nitrogen and oxygen atoms in total. The molecule has 3 rings (SSSR count). The summed E-state index contributed by atoms with van der Waals surface area (Å²) < 4.78 is 5.18. The summed E-state index contributed by atoms with van der Waals surface area (Å²) in [7, 11) is 1.63. The Morgan fingerprint density at radius 3 is 2.68 bits per heavy atom. The number of nitrogens with one attached hydrogen (secondary N) is 1. The van der Waals surface area contributed by atoms with E-state index in [9.17, 15) is 14.4 Å². The van der Waals surface area contributed by atoms with Gasteiger partial charge in [-0.2, -0.15) is 0 Å². The fourth-order valence-corrected chi connectivity index (χ4v) is 3.45. The molecule has 0 saturated carbocycles. The summed E-state index contributed by atoms with van der Waals surface area (Å²) in [6.45, 7) is 1.09. The standard InChI is InChI=1S/C18H23N3O4/c1-25-14-8-6-13(7-9-14)15-4-2-10-20(15)16(22)5-3-11-21-17(23)12-19-18(21)24/h6-9,15H,2-5,10-12H2,1H3,(H,19,24). The molecule has 0 aliphatic carbocycles. The van der Waals surface area contributed by atoms with Gasteiger partial charge >= 0.3 is 6.03 Å². The van der Waals surface area contributed by atoms with Crippen LogP contribution >= 0.6 is 0 Å². The predicted molar refractivity (Wildman–Crippen MR) is 91.0 cm³/mol. The summed E-state index contributed by atoms with van der Waals surface area (Å²) >= 11 is 0. The summed E-state index contributed by atoms with van der Waals surface area (Å²) in [4.78, 5) is 38.7. The molecule has 1 unspecified atom stereocenters. The summed E-state index contributed by atoms with van der Waals surface area (Å²) in [6, 6.07) is 7.55. The molecule has 25 heavy (non-hydrogen) atoms. The number of hydrogen-bond donors (Lipinski definition) is 1. The van der Waals surface area contributed by atoms with E-state index in [1.54, 1.807) is 7.11 Å². The fourth-order valence-electron chi connectivity index (χ4n) is 3.45. The number of likely N-dealkylation sites (tertiary alicyclic amines) is 1. The average Bonchev–Trinajstić information content (AvgIpc) is 3.23. The molecule has 1 atom stereocenters. The molecule has 2 aliphatic rings. The Morgan fingerprint density at radius 2 is 2.04 bits per heavy atom. The quantitative estimate of drug-likeness (QED) is 0.796. The zero-order chi connectivity index (χ0) is 17.8. The van der Waals surface area contributed by atoms with Gasteiger partial charge in [0.25, 0.3) is 0 Å². The molecule has 4 amide bonds. The molecule has 2 saturated heterocycles. The maximum absolute atomic E-state index is 12.6. The van der Waals surface area contributed by atoms with Crippen LogP contribution in [0.2, 0.25) is 0 Å². The summed E-state index contributed by atoms with van der Waals surface area (Å²) in [5.41, 5.74) is 1.11. The first-order valence-corrected chi connectivity index (χ1v) is 8.62. The van der Waals surface area contributed by atoms with Gasteiger partial charge in [-0.1, -0.05) is 12.1 Å². The second-order valence-electron chi connectivity index (χ2n) is 6.33. The van der Waals surface area contributed by atoms with Crippen molar-refractivity contribution in [2.45, 2.75) is 31.7 Å². The molecule has 0 bridgehead atoms. The number of benzene rings is 1. The Morgan fingerprint density at radius 1 is 1.28 bits per heavy atom. The van der Waals surface area contributed by atoms with Gasteiger partial charge in [0, 0.05) is 19.5 Å². The van der Waals surface area contributed by atoms with Crippen molar-refractivity contribution in [1.29, 1.82) is 0 Å². The molecule has 1 N–H and O–H groups in total. The first-order chi connectivity index (χ1) is 12.1. The number of nitrogens with zero attached hydrogens (tertiary/aromatic N) is 2. The number of imide groups is 1. The van der Waals surface area contributed by atoms with E-state index in [1.165, 1.54) is 4.90 Å². The first-order valence-electron chi connectivity index (χ1n) is 8.62. The van der Waals surface area contributed by atoms with Crippen molar-refractivity contribution in [3.8, 4) is 5.75 Å². The molecular formula is C18H23N3O4. The van der Waals surface area contributed by atoms with Gasteiger partial charge in [0.05, 0.1) is 19.7 Å². The predicted octanol–water partition coefficient (Wildman–Crippen LogP) is 1.69. The first kappa shape index (κ1) is 17.3. The third-order valence-corrected chi connectivity index (χ3v) is 4.78. The Hall–Kier alpha value is -2.57. The van der Waals surface area contributed by atoms with Crippen molar-refractivity contribution in [3.05, 3.63) is 29.8 Å². The third-order valence-electron chi connectivity index (χ3n) is 4.78. The summed E-state index contributed by atoms with van der Waals surface area (Å²) in [6.07, 6.45) is 2.76. The number of rotatable bonds is 6. The van der Waals surface area contributed by atoms with Crippen LogP contribution in [0.1, 0.15) is 37.3 Å². The smallest absolute Gasteiger partial charge is 0.324 e. The largest absolute Gasteiger partial charge is 0.497 e. The van der Waals surface area contributed by atoms with E-state index in [-0.39, 0.29) is 37.0 Å². The van der Waals surface area contributed by atoms with Crippen molar-refractivity contribution in [2.75, 3.05) is 26.7 Å². The lowest BCUT2D eigenvalue weighted by Crippen LogP contribution is -2.34. The Labute approximate surface area is 146 Å². The molecule has 1 aromatic carbocycles. The van der Waals surface area contributed by atoms with E-state index in [2.05, 4.69) is 5.32 Å². The fraction of sp³-hybridized carbons (Fsp3) is 0.500. The van der Waals surface area contributed by atoms with Crippen molar-refractivity contribution in [1.82, 2.24) is 15.1 Å². The Bertz CT molecular complexity index is 643. The van der Waals surface area contributed by atoms with Crippen molar-refractivity contribution < 1.29 is 19.1 Å². The molecule has 0 radical (unpaired) electrons. The van der Waals surface area contributed by atoms with Crippen molar-refractivity contribution in [2.24, 2.45) is 0 Å². The summed E-state index contributed by atoms with van der Waals surface area (Å²) in [5.74, 6) is 0.647. The monoisotopic (exact) mass is 345 g/mol. The van der Waals surface area contributed by atoms with Crippen LogP contribution in [0.15, 0.2) is 24.3 Å². The maximum Gasteiger partial charge on any atom is 0.324 e. The Kier molecular flexibility index (Phi) is 5.21. The lowest BCUT2D eigenvalue weighted by molar-refractivity contribution is -0.133.